The number of epoxide rings is 1. The summed E-state index contributed by atoms with van der Waals surface area (Å²) in [7, 11) is 2.27. The maximum Gasteiger partial charge on any atom is 0.104 e. The van der Waals surface area contributed by atoms with E-state index in [-0.39, 0.29) is 0 Å². The van der Waals surface area contributed by atoms with Crippen molar-refractivity contribution in [2.75, 3.05) is 20.3 Å². The van der Waals surface area contributed by atoms with Crippen molar-refractivity contribution in [2.24, 2.45) is 0 Å². The molecule has 2 bridgehead atoms. The number of hydrogen-bond donors (Lipinski definition) is 0. The minimum atomic E-state index is 0.423. The molecule has 0 N–H and O–H groups in total. The first-order valence-electron chi connectivity index (χ1n) is 5.78. The maximum atomic E-state index is 5.88. The van der Waals surface area contributed by atoms with E-state index in [0.717, 1.165) is 25.3 Å². The topological polar surface area (TPSA) is 25.0 Å². The molecule has 3 aliphatic rings. The number of piperidine rings is 1. The predicted molar refractivity (Wildman–Crippen MR) is 53.3 cm³/mol. The summed E-state index contributed by atoms with van der Waals surface area (Å²) in [6.07, 6.45) is 6.15. The third kappa shape index (κ3) is 1.69. The van der Waals surface area contributed by atoms with Crippen molar-refractivity contribution < 1.29 is 9.47 Å². The van der Waals surface area contributed by atoms with Crippen molar-refractivity contribution in [2.45, 2.75) is 50.0 Å². The van der Waals surface area contributed by atoms with Crippen molar-refractivity contribution in [1.29, 1.82) is 0 Å². The van der Waals surface area contributed by atoms with Crippen LogP contribution in [0.3, 0.4) is 0 Å². The molecule has 4 atom stereocenters. The van der Waals surface area contributed by atoms with E-state index in [4.69, 9.17) is 9.47 Å². The van der Waals surface area contributed by atoms with Gasteiger partial charge in [0.2, 0.25) is 0 Å². The van der Waals surface area contributed by atoms with E-state index < -0.39 is 0 Å². The van der Waals surface area contributed by atoms with Crippen LogP contribution in [0.4, 0.5) is 0 Å². The zero-order chi connectivity index (χ0) is 9.54. The molecule has 0 aromatic carbocycles. The molecule has 0 saturated carbocycles. The quantitative estimate of drug-likeness (QED) is 0.632. The van der Waals surface area contributed by atoms with Gasteiger partial charge in [-0.15, -0.1) is 0 Å². The molecule has 1 unspecified atom stereocenters. The summed E-state index contributed by atoms with van der Waals surface area (Å²) in [5.41, 5.74) is 0. The van der Waals surface area contributed by atoms with Crippen LogP contribution in [-0.4, -0.2) is 49.5 Å². The van der Waals surface area contributed by atoms with Gasteiger partial charge in [-0.1, -0.05) is 0 Å². The number of rotatable bonds is 3. The molecular formula is C11H19NO2. The number of ether oxygens (including phenoxy) is 2. The molecule has 0 spiro atoms. The minimum Gasteiger partial charge on any atom is -0.375 e. The normalized spacial score (nSPS) is 46.9. The van der Waals surface area contributed by atoms with E-state index in [1.807, 2.05) is 0 Å². The predicted octanol–water partition coefficient (Wildman–Crippen LogP) is 1.03. The molecule has 0 amide bonds. The summed E-state index contributed by atoms with van der Waals surface area (Å²) in [6, 6.07) is 1.58. The Bertz CT molecular complexity index is 203. The second-order valence-electron chi connectivity index (χ2n) is 4.93. The van der Waals surface area contributed by atoms with Crippen LogP contribution in [0.2, 0.25) is 0 Å². The second kappa shape index (κ2) is 3.47. The molecule has 0 radical (unpaired) electrons. The standard InChI is InChI=1S/C11H19NO2/c1-12-8-2-3-9(12)5-10(4-8)13-6-11-7-14-11/h8-11H,2-7H2,1H3/t8-,9+,10?,11-/m1/s1. The van der Waals surface area contributed by atoms with E-state index in [1.54, 1.807) is 0 Å². The molecule has 0 aromatic rings. The van der Waals surface area contributed by atoms with Crippen LogP contribution in [0, 0.1) is 0 Å². The van der Waals surface area contributed by atoms with E-state index >= 15 is 0 Å². The lowest BCUT2D eigenvalue weighted by molar-refractivity contribution is -0.0175. The van der Waals surface area contributed by atoms with Crippen LogP contribution in [0.5, 0.6) is 0 Å². The van der Waals surface area contributed by atoms with Gasteiger partial charge >= 0.3 is 0 Å². The third-order valence-electron chi connectivity index (χ3n) is 3.98. The molecule has 80 valence electrons. The van der Waals surface area contributed by atoms with Gasteiger partial charge in [-0.05, 0) is 32.7 Å². The van der Waals surface area contributed by atoms with E-state index in [9.17, 15) is 0 Å². The Kier molecular flexibility index (Phi) is 2.26. The lowest BCUT2D eigenvalue weighted by atomic mass is 10.0. The molecule has 3 heteroatoms. The summed E-state index contributed by atoms with van der Waals surface area (Å²) in [5, 5.41) is 0. The molecule has 3 saturated heterocycles. The molecule has 3 rings (SSSR count). The van der Waals surface area contributed by atoms with Gasteiger partial charge in [-0.3, -0.25) is 0 Å². The van der Waals surface area contributed by atoms with E-state index in [0.29, 0.717) is 12.2 Å². The van der Waals surface area contributed by atoms with Gasteiger partial charge in [0.15, 0.2) is 0 Å². The average Bonchev–Trinajstić information content (AvgIpc) is 2.97. The third-order valence-corrected chi connectivity index (χ3v) is 3.98. The van der Waals surface area contributed by atoms with Crippen LogP contribution < -0.4 is 0 Å². The molecule has 0 aromatic heterocycles. The Morgan fingerprint density at radius 1 is 1.29 bits per heavy atom. The van der Waals surface area contributed by atoms with Crippen molar-refractivity contribution in [3.05, 3.63) is 0 Å². The van der Waals surface area contributed by atoms with Crippen LogP contribution >= 0.6 is 0 Å². The molecule has 14 heavy (non-hydrogen) atoms. The van der Waals surface area contributed by atoms with Crippen molar-refractivity contribution in [3.63, 3.8) is 0 Å². The van der Waals surface area contributed by atoms with Crippen LogP contribution in [0.15, 0.2) is 0 Å². The van der Waals surface area contributed by atoms with Crippen LogP contribution in [-0.2, 0) is 9.47 Å². The van der Waals surface area contributed by atoms with Gasteiger partial charge in [-0.2, -0.15) is 0 Å². The molecule has 3 heterocycles. The van der Waals surface area contributed by atoms with Gasteiger partial charge in [0.05, 0.1) is 19.3 Å². The summed E-state index contributed by atoms with van der Waals surface area (Å²) in [4.78, 5) is 2.55. The van der Waals surface area contributed by atoms with Gasteiger partial charge in [-0.25, -0.2) is 0 Å². The van der Waals surface area contributed by atoms with E-state index in [1.165, 1.54) is 25.7 Å². The highest BCUT2D eigenvalue weighted by atomic mass is 16.6. The Morgan fingerprint density at radius 3 is 2.50 bits per heavy atom. The van der Waals surface area contributed by atoms with Crippen molar-refractivity contribution in [1.82, 2.24) is 4.90 Å². The maximum absolute atomic E-state index is 5.88. The largest absolute Gasteiger partial charge is 0.375 e. The molecule has 3 fully saturated rings. The van der Waals surface area contributed by atoms with Crippen LogP contribution in [0.1, 0.15) is 25.7 Å². The molecule has 3 nitrogen and oxygen atoms in total. The lowest BCUT2D eigenvalue weighted by Crippen LogP contribution is -2.43. The summed E-state index contributed by atoms with van der Waals surface area (Å²) >= 11 is 0. The van der Waals surface area contributed by atoms with Gasteiger partial charge in [0, 0.05) is 12.1 Å². The first kappa shape index (κ1) is 9.13. The molecular weight excluding hydrogens is 178 g/mol. The molecule has 3 aliphatic heterocycles. The summed E-state index contributed by atoms with van der Waals surface area (Å²) < 4.78 is 11.0. The summed E-state index contributed by atoms with van der Waals surface area (Å²) in [5.74, 6) is 0. The van der Waals surface area contributed by atoms with Gasteiger partial charge < -0.3 is 14.4 Å². The average molecular weight is 197 g/mol. The minimum absolute atomic E-state index is 0.423. The Balaban J connectivity index is 1.51. The highest BCUT2D eigenvalue weighted by molar-refractivity contribution is 4.94. The fourth-order valence-electron chi connectivity index (χ4n) is 2.91. The monoisotopic (exact) mass is 197 g/mol. The summed E-state index contributed by atoms with van der Waals surface area (Å²) in [6.45, 7) is 1.74. The fourth-order valence-corrected chi connectivity index (χ4v) is 2.91. The molecule has 0 aliphatic carbocycles. The Hall–Kier alpha value is -0.120. The smallest absolute Gasteiger partial charge is 0.104 e. The first-order chi connectivity index (χ1) is 6.83. The van der Waals surface area contributed by atoms with Crippen LogP contribution in [0.25, 0.3) is 0 Å². The van der Waals surface area contributed by atoms with Crippen molar-refractivity contribution >= 4 is 0 Å². The first-order valence-corrected chi connectivity index (χ1v) is 5.78. The Morgan fingerprint density at radius 2 is 1.93 bits per heavy atom. The van der Waals surface area contributed by atoms with Crippen molar-refractivity contribution in [3.8, 4) is 0 Å². The number of hydrogen-bond acceptors (Lipinski definition) is 3. The van der Waals surface area contributed by atoms with Gasteiger partial charge in [0.1, 0.15) is 6.10 Å². The zero-order valence-corrected chi connectivity index (χ0v) is 8.82. The highest BCUT2D eigenvalue weighted by Gasteiger charge is 2.39. The number of fused-ring (bicyclic) bond motifs is 2. The van der Waals surface area contributed by atoms with Gasteiger partial charge in [0.25, 0.3) is 0 Å². The lowest BCUT2D eigenvalue weighted by Gasteiger charge is -2.36. The SMILES string of the molecule is CN1[C@@H]2CC[C@H]1CC(OC[C@@H]1CO1)C2. The zero-order valence-electron chi connectivity index (χ0n) is 8.82. The van der Waals surface area contributed by atoms with E-state index in [2.05, 4.69) is 11.9 Å². The Labute approximate surface area is 85.4 Å². The fraction of sp³-hybridized carbons (Fsp3) is 1.00. The number of nitrogens with zero attached hydrogens (tertiary/aromatic N) is 1. The second-order valence-corrected chi connectivity index (χ2v) is 4.93. The highest BCUT2D eigenvalue weighted by Crippen LogP contribution is 2.35.